The molecule has 0 fully saturated rings. The zero-order valence-electron chi connectivity index (χ0n) is 10.3. The van der Waals surface area contributed by atoms with Crippen molar-refractivity contribution in [1.82, 2.24) is 0 Å². The minimum atomic E-state index is -0.391. The number of aliphatic hydroxyl groups is 1. The SMILES string of the molecule is Oc1ccc(CC(O)CSc2ccc(Br)cc2)cc1. The maximum Gasteiger partial charge on any atom is 0.115 e. The van der Waals surface area contributed by atoms with Crippen LogP contribution in [-0.4, -0.2) is 22.1 Å². The van der Waals surface area contributed by atoms with E-state index < -0.39 is 6.10 Å². The molecule has 0 amide bonds. The predicted octanol–water partition coefficient (Wildman–Crippen LogP) is 3.85. The van der Waals surface area contributed by atoms with Gasteiger partial charge in [0.25, 0.3) is 0 Å². The van der Waals surface area contributed by atoms with Crippen LogP contribution < -0.4 is 0 Å². The quantitative estimate of drug-likeness (QED) is 0.813. The van der Waals surface area contributed by atoms with Crippen molar-refractivity contribution in [2.45, 2.75) is 17.4 Å². The number of aromatic hydroxyl groups is 1. The molecule has 100 valence electrons. The fourth-order valence-electron chi connectivity index (χ4n) is 1.69. The van der Waals surface area contributed by atoms with E-state index in [1.165, 1.54) is 0 Å². The second kappa shape index (κ2) is 6.98. The van der Waals surface area contributed by atoms with Gasteiger partial charge in [-0.05, 0) is 48.4 Å². The Hall–Kier alpha value is -0.970. The van der Waals surface area contributed by atoms with Gasteiger partial charge in [-0.2, -0.15) is 0 Å². The van der Waals surface area contributed by atoms with Crippen molar-refractivity contribution in [1.29, 1.82) is 0 Å². The molecule has 2 aromatic carbocycles. The van der Waals surface area contributed by atoms with Crippen LogP contribution in [0.2, 0.25) is 0 Å². The number of hydrogen-bond donors (Lipinski definition) is 2. The summed E-state index contributed by atoms with van der Waals surface area (Å²) in [6.07, 6.45) is 0.210. The average Bonchev–Trinajstić information content (AvgIpc) is 2.41. The van der Waals surface area contributed by atoms with Crippen molar-refractivity contribution in [2.75, 3.05) is 5.75 Å². The molecule has 1 unspecified atom stereocenters. The molecule has 0 bridgehead atoms. The Kier molecular flexibility index (Phi) is 5.31. The zero-order valence-corrected chi connectivity index (χ0v) is 12.7. The molecule has 2 aromatic rings. The van der Waals surface area contributed by atoms with Crippen LogP contribution in [0.3, 0.4) is 0 Å². The molecule has 0 spiro atoms. The van der Waals surface area contributed by atoms with Crippen LogP contribution >= 0.6 is 27.7 Å². The van der Waals surface area contributed by atoms with Gasteiger partial charge in [-0.15, -0.1) is 11.8 Å². The van der Waals surface area contributed by atoms with Gasteiger partial charge >= 0.3 is 0 Å². The molecule has 0 aliphatic carbocycles. The number of halogens is 1. The van der Waals surface area contributed by atoms with E-state index in [9.17, 15) is 10.2 Å². The Labute approximate surface area is 125 Å². The molecule has 0 aliphatic rings. The summed E-state index contributed by atoms with van der Waals surface area (Å²) in [5.74, 6) is 0.908. The summed E-state index contributed by atoms with van der Waals surface area (Å²) in [7, 11) is 0. The minimum Gasteiger partial charge on any atom is -0.508 e. The van der Waals surface area contributed by atoms with Crippen molar-refractivity contribution in [3.05, 3.63) is 58.6 Å². The van der Waals surface area contributed by atoms with Crippen molar-refractivity contribution in [2.24, 2.45) is 0 Å². The first-order chi connectivity index (χ1) is 9.13. The molecule has 2 N–H and O–H groups in total. The highest BCUT2D eigenvalue weighted by atomic mass is 79.9. The zero-order chi connectivity index (χ0) is 13.7. The summed E-state index contributed by atoms with van der Waals surface area (Å²) in [4.78, 5) is 1.15. The van der Waals surface area contributed by atoms with E-state index in [2.05, 4.69) is 15.9 Å². The summed E-state index contributed by atoms with van der Waals surface area (Å²) >= 11 is 5.04. The number of thioether (sulfide) groups is 1. The number of aliphatic hydroxyl groups excluding tert-OH is 1. The minimum absolute atomic E-state index is 0.252. The molecule has 0 saturated carbocycles. The molecule has 1 atom stereocenters. The molecule has 0 radical (unpaired) electrons. The number of phenols is 1. The molecule has 0 aromatic heterocycles. The molecule has 2 rings (SSSR count). The van der Waals surface area contributed by atoms with Gasteiger partial charge in [0.15, 0.2) is 0 Å². The van der Waals surface area contributed by atoms with Crippen LogP contribution in [0, 0.1) is 0 Å². The lowest BCUT2D eigenvalue weighted by molar-refractivity contribution is 0.200. The van der Waals surface area contributed by atoms with Gasteiger partial charge in [-0.3, -0.25) is 0 Å². The van der Waals surface area contributed by atoms with Crippen LogP contribution in [0.15, 0.2) is 57.9 Å². The number of hydrogen-bond acceptors (Lipinski definition) is 3. The Morgan fingerprint density at radius 3 is 2.26 bits per heavy atom. The summed E-state index contributed by atoms with van der Waals surface area (Å²) in [6, 6.07) is 15.0. The van der Waals surface area contributed by atoms with E-state index in [1.54, 1.807) is 23.9 Å². The fraction of sp³-hybridized carbons (Fsp3) is 0.200. The van der Waals surface area contributed by atoms with Crippen molar-refractivity contribution in [3.63, 3.8) is 0 Å². The molecule has 0 saturated heterocycles. The third-order valence-corrected chi connectivity index (χ3v) is 4.35. The molecule has 4 heteroatoms. The van der Waals surface area contributed by atoms with Crippen LogP contribution in [-0.2, 0) is 6.42 Å². The normalized spacial score (nSPS) is 12.3. The van der Waals surface area contributed by atoms with Gasteiger partial charge in [-0.1, -0.05) is 28.1 Å². The van der Waals surface area contributed by atoms with Crippen molar-refractivity contribution < 1.29 is 10.2 Å². The Morgan fingerprint density at radius 2 is 1.63 bits per heavy atom. The lowest BCUT2D eigenvalue weighted by Crippen LogP contribution is -2.13. The van der Waals surface area contributed by atoms with Crippen molar-refractivity contribution >= 4 is 27.7 Å². The Morgan fingerprint density at radius 1 is 1.00 bits per heavy atom. The number of rotatable bonds is 5. The van der Waals surface area contributed by atoms with Gasteiger partial charge in [0, 0.05) is 15.1 Å². The van der Waals surface area contributed by atoms with Gasteiger partial charge in [0.2, 0.25) is 0 Å². The highest BCUT2D eigenvalue weighted by molar-refractivity contribution is 9.10. The van der Waals surface area contributed by atoms with E-state index in [0.29, 0.717) is 12.2 Å². The molecular weight excluding hydrogens is 324 g/mol. The smallest absolute Gasteiger partial charge is 0.115 e. The van der Waals surface area contributed by atoms with Crippen LogP contribution in [0.4, 0.5) is 0 Å². The molecule has 19 heavy (non-hydrogen) atoms. The summed E-state index contributed by atoms with van der Waals surface area (Å²) in [5, 5.41) is 19.2. The lowest BCUT2D eigenvalue weighted by atomic mass is 10.1. The van der Waals surface area contributed by atoms with Gasteiger partial charge in [0.1, 0.15) is 5.75 Å². The maximum atomic E-state index is 10.00. The fourth-order valence-corrected chi connectivity index (χ4v) is 2.78. The first kappa shape index (κ1) is 14.4. The Balaban J connectivity index is 1.82. The molecule has 0 aliphatic heterocycles. The second-order valence-electron chi connectivity index (χ2n) is 4.29. The molecule has 0 heterocycles. The monoisotopic (exact) mass is 338 g/mol. The van der Waals surface area contributed by atoms with Crippen molar-refractivity contribution in [3.8, 4) is 5.75 Å². The van der Waals surface area contributed by atoms with Gasteiger partial charge in [-0.25, -0.2) is 0 Å². The van der Waals surface area contributed by atoms with E-state index in [0.717, 1.165) is 14.9 Å². The largest absolute Gasteiger partial charge is 0.508 e. The van der Waals surface area contributed by atoms with E-state index in [4.69, 9.17) is 0 Å². The highest BCUT2D eigenvalue weighted by Gasteiger charge is 2.06. The van der Waals surface area contributed by atoms with Crippen LogP contribution in [0.25, 0.3) is 0 Å². The highest BCUT2D eigenvalue weighted by Crippen LogP contribution is 2.22. The maximum absolute atomic E-state index is 10.00. The van der Waals surface area contributed by atoms with E-state index >= 15 is 0 Å². The molecule has 2 nitrogen and oxygen atoms in total. The summed E-state index contributed by atoms with van der Waals surface area (Å²) in [6.45, 7) is 0. The Bertz CT molecular complexity index is 511. The third-order valence-electron chi connectivity index (χ3n) is 2.66. The topological polar surface area (TPSA) is 40.5 Å². The first-order valence-corrected chi connectivity index (χ1v) is 7.75. The van der Waals surface area contributed by atoms with Gasteiger partial charge < -0.3 is 10.2 Å². The average molecular weight is 339 g/mol. The summed E-state index contributed by atoms with van der Waals surface area (Å²) in [5.41, 5.74) is 1.03. The van der Waals surface area contributed by atoms with Crippen LogP contribution in [0.5, 0.6) is 5.75 Å². The first-order valence-electron chi connectivity index (χ1n) is 5.98. The second-order valence-corrected chi connectivity index (χ2v) is 6.30. The standard InChI is InChI=1S/C15H15BrO2S/c16-12-3-7-15(8-4-12)19-10-14(18)9-11-1-5-13(17)6-2-11/h1-8,14,17-18H,9-10H2. The lowest BCUT2D eigenvalue weighted by Gasteiger charge is -2.10. The van der Waals surface area contributed by atoms with Crippen LogP contribution in [0.1, 0.15) is 5.56 Å². The number of benzene rings is 2. The van der Waals surface area contributed by atoms with E-state index in [1.807, 2.05) is 36.4 Å². The predicted molar refractivity (Wildman–Crippen MR) is 82.7 cm³/mol. The summed E-state index contributed by atoms with van der Waals surface area (Å²) < 4.78 is 1.06. The van der Waals surface area contributed by atoms with E-state index in [-0.39, 0.29) is 5.75 Å². The third kappa shape index (κ3) is 4.90. The van der Waals surface area contributed by atoms with Gasteiger partial charge in [0.05, 0.1) is 6.10 Å². The number of phenolic OH excluding ortho intramolecular Hbond substituents is 1. The molecular formula is C15H15BrO2S.